The second kappa shape index (κ2) is 6.97. The summed E-state index contributed by atoms with van der Waals surface area (Å²) in [6, 6.07) is 11.1. The molecule has 0 N–H and O–H groups in total. The minimum Gasteiger partial charge on any atom is -0.497 e. The average molecular weight is 345 g/mol. The van der Waals surface area contributed by atoms with Crippen molar-refractivity contribution < 1.29 is 9.53 Å². The van der Waals surface area contributed by atoms with Crippen molar-refractivity contribution in [3.05, 3.63) is 47.3 Å². The van der Waals surface area contributed by atoms with E-state index in [-0.39, 0.29) is 5.78 Å². The summed E-state index contributed by atoms with van der Waals surface area (Å²) in [5.74, 6) is 1.93. The zero-order valence-electron chi connectivity index (χ0n) is 12.7. The quantitative estimate of drug-likeness (QED) is 0.505. The number of aromatic nitrogens is 3. The Kier molecular flexibility index (Phi) is 4.78. The Morgan fingerprint density at radius 1 is 1.26 bits per heavy atom. The molecular weight excluding hydrogens is 330 g/mol. The van der Waals surface area contributed by atoms with E-state index in [1.165, 1.54) is 11.8 Å². The summed E-state index contributed by atoms with van der Waals surface area (Å²) in [6.45, 7) is 0. The molecule has 0 fully saturated rings. The van der Waals surface area contributed by atoms with Crippen LogP contribution in [0, 0.1) is 0 Å². The van der Waals surface area contributed by atoms with Gasteiger partial charge in [-0.3, -0.25) is 4.79 Å². The van der Waals surface area contributed by atoms with Crippen molar-refractivity contribution >= 4 is 28.9 Å². The maximum absolute atomic E-state index is 12.2. The van der Waals surface area contributed by atoms with Crippen LogP contribution in [0.25, 0.3) is 10.7 Å². The number of ketones is 1. The second-order valence-corrected chi connectivity index (χ2v) is 6.67. The number of rotatable bonds is 6. The molecule has 3 rings (SSSR count). The maximum Gasteiger partial charge on any atom is 0.191 e. The van der Waals surface area contributed by atoms with Gasteiger partial charge in [0, 0.05) is 12.6 Å². The molecule has 2 heterocycles. The number of carbonyl (C=O) groups is 1. The first-order valence-electron chi connectivity index (χ1n) is 6.92. The van der Waals surface area contributed by atoms with Crippen LogP contribution in [0.1, 0.15) is 10.4 Å². The van der Waals surface area contributed by atoms with Gasteiger partial charge in [-0.25, -0.2) is 0 Å². The van der Waals surface area contributed by atoms with Crippen LogP contribution >= 0.6 is 23.1 Å². The lowest BCUT2D eigenvalue weighted by Crippen LogP contribution is -2.03. The predicted molar refractivity (Wildman–Crippen MR) is 92.4 cm³/mol. The minimum absolute atomic E-state index is 0.0540. The number of hydrogen-bond acceptors (Lipinski definition) is 6. The minimum atomic E-state index is 0.0540. The van der Waals surface area contributed by atoms with Gasteiger partial charge in [0.15, 0.2) is 16.8 Å². The molecular formula is C16H15N3O2S2. The smallest absolute Gasteiger partial charge is 0.191 e. The molecule has 0 bridgehead atoms. The van der Waals surface area contributed by atoms with Gasteiger partial charge in [-0.2, -0.15) is 0 Å². The Balaban J connectivity index is 1.67. The van der Waals surface area contributed by atoms with Gasteiger partial charge in [-0.05, 0) is 35.7 Å². The highest BCUT2D eigenvalue weighted by molar-refractivity contribution is 7.99. The Morgan fingerprint density at radius 3 is 2.70 bits per heavy atom. The number of methoxy groups -OCH3 is 1. The monoisotopic (exact) mass is 345 g/mol. The molecule has 0 amide bonds. The molecule has 0 unspecified atom stereocenters. The van der Waals surface area contributed by atoms with Crippen molar-refractivity contribution in [1.29, 1.82) is 0 Å². The van der Waals surface area contributed by atoms with Crippen molar-refractivity contribution in [3.63, 3.8) is 0 Å². The van der Waals surface area contributed by atoms with Crippen LogP contribution in [0.5, 0.6) is 5.75 Å². The Hall–Kier alpha value is -2.12. The summed E-state index contributed by atoms with van der Waals surface area (Å²) >= 11 is 3.01. The SMILES string of the molecule is COc1ccc(C(=O)CSc2nnc(-c3cccs3)n2C)cc1. The normalized spacial score (nSPS) is 10.7. The first-order valence-corrected chi connectivity index (χ1v) is 8.79. The van der Waals surface area contributed by atoms with Crippen molar-refractivity contribution in [1.82, 2.24) is 14.8 Å². The van der Waals surface area contributed by atoms with Crippen molar-refractivity contribution in [2.24, 2.45) is 7.05 Å². The van der Waals surface area contributed by atoms with E-state index >= 15 is 0 Å². The highest BCUT2D eigenvalue weighted by atomic mass is 32.2. The Labute approximate surface area is 142 Å². The van der Waals surface area contributed by atoms with Crippen LogP contribution in [-0.4, -0.2) is 33.4 Å². The Morgan fingerprint density at radius 2 is 2.04 bits per heavy atom. The van der Waals surface area contributed by atoms with Crippen LogP contribution in [-0.2, 0) is 7.05 Å². The van der Waals surface area contributed by atoms with Gasteiger partial charge in [0.1, 0.15) is 5.75 Å². The molecule has 7 heteroatoms. The fourth-order valence-corrected chi connectivity index (χ4v) is 3.60. The fourth-order valence-electron chi connectivity index (χ4n) is 2.05. The number of carbonyl (C=O) groups excluding carboxylic acids is 1. The van der Waals surface area contributed by atoms with Crippen LogP contribution in [0.4, 0.5) is 0 Å². The number of thioether (sulfide) groups is 1. The standard InChI is InChI=1S/C16H15N3O2S2/c1-19-15(14-4-3-9-22-14)17-18-16(19)23-10-13(20)11-5-7-12(21-2)8-6-11/h3-9H,10H2,1-2H3. The van der Waals surface area contributed by atoms with E-state index in [0.717, 1.165) is 21.6 Å². The van der Waals surface area contributed by atoms with E-state index in [9.17, 15) is 4.79 Å². The molecule has 2 aromatic heterocycles. The first kappa shape index (κ1) is 15.8. The molecule has 0 aliphatic carbocycles. The number of Topliss-reactive ketones (excluding diaryl/α,β-unsaturated/α-hetero) is 1. The van der Waals surface area contributed by atoms with Crippen molar-refractivity contribution in [3.8, 4) is 16.5 Å². The molecule has 0 spiro atoms. The van der Waals surface area contributed by atoms with E-state index in [0.29, 0.717) is 11.3 Å². The molecule has 0 saturated carbocycles. The van der Waals surface area contributed by atoms with E-state index in [1.54, 1.807) is 42.7 Å². The van der Waals surface area contributed by atoms with E-state index < -0.39 is 0 Å². The molecule has 0 atom stereocenters. The molecule has 0 aliphatic rings. The van der Waals surface area contributed by atoms with E-state index in [4.69, 9.17) is 4.74 Å². The van der Waals surface area contributed by atoms with Crippen LogP contribution in [0.2, 0.25) is 0 Å². The number of ether oxygens (including phenoxy) is 1. The predicted octanol–water partition coefficient (Wildman–Crippen LogP) is 3.53. The number of thiophene rings is 1. The highest BCUT2D eigenvalue weighted by Gasteiger charge is 2.14. The molecule has 0 aliphatic heterocycles. The van der Waals surface area contributed by atoms with Gasteiger partial charge in [0.2, 0.25) is 0 Å². The lowest BCUT2D eigenvalue weighted by atomic mass is 10.1. The third kappa shape index (κ3) is 3.46. The van der Waals surface area contributed by atoms with Crippen molar-refractivity contribution in [2.75, 3.05) is 12.9 Å². The van der Waals surface area contributed by atoms with Gasteiger partial charge in [-0.1, -0.05) is 17.8 Å². The van der Waals surface area contributed by atoms with Gasteiger partial charge in [-0.15, -0.1) is 21.5 Å². The summed E-state index contributed by atoms with van der Waals surface area (Å²) in [6.07, 6.45) is 0. The number of benzene rings is 1. The lowest BCUT2D eigenvalue weighted by Gasteiger charge is -2.04. The summed E-state index contributed by atoms with van der Waals surface area (Å²) in [7, 11) is 3.52. The van der Waals surface area contributed by atoms with Crippen LogP contribution in [0.3, 0.4) is 0 Å². The summed E-state index contributed by atoms with van der Waals surface area (Å²) in [5, 5.41) is 11.1. The third-order valence-electron chi connectivity index (χ3n) is 3.32. The van der Waals surface area contributed by atoms with Gasteiger partial charge in [0.05, 0.1) is 17.7 Å². The molecule has 23 heavy (non-hydrogen) atoms. The van der Waals surface area contributed by atoms with Gasteiger partial charge < -0.3 is 9.30 Å². The molecule has 0 radical (unpaired) electrons. The average Bonchev–Trinajstić information content (AvgIpc) is 3.22. The fraction of sp³-hybridized carbons (Fsp3) is 0.188. The number of hydrogen-bond donors (Lipinski definition) is 0. The molecule has 0 saturated heterocycles. The summed E-state index contributed by atoms with van der Waals surface area (Å²) in [5.41, 5.74) is 0.666. The van der Waals surface area contributed by atoms with E-state index in [1.807, 2.05) is 29.1 Å². The third-order valence-corrected chi connectivity index (χ3v) is 5.21. The first-order chi connectivity index (χ1) is 11.2. The number of nitrogens with zero attached hydrogens (tertiary/aromatic N) is 3. The molecule has 5 nitrogen and oxygen atoms in total. The van der Waals surface area contributed by atoms with Crippen LogP contribution < -0.4 is 4.74 Å². The zero-order valence-corrected chi connectivity index (χ0v) is 14.4. The largest absolute Gasteiger partial charge is 0.497 e. The Bertz CT molecular complexity index is 795. The maximum atomic E-state index is 12.2. The second-order valence-electron chi connectivity index (χ2n) is 4.78. The van der Waals surface area contributed by atoms with Gasteiger partial charge >= 0.3 is 0 Å². The zero-order chi connectivity index (χ0) is 16.2. The highest BCUT2D eigenvalue weighted by Crippen LogP contribution is 2.26. The summed E-state index contributed by atoms with van der Waals surface area (Å²) in [4.78, 5) is 13.3. The molecule has 118 valence electrons. The molecule has 3 aromatic rings. The summed E-state index contributed by atoms with van der Waals surface area (Å²) < 4.78 is 7.01. The van der Waals surface area contributed by atoms with Crippen LogP contribution in [0.15, 0.2) is 46.9 Å². The van der Waals surface area contributed by atoms with Gasteiger partial charge in [0.25, 0.3) is 0 Å². The topological polar surface area (TPSA) is 57.0 Å². The van der Waals surface area contributed by atoms with Crippen molar-refractivity contribution in [2.45, 2.75) is 5.16 Å². The van der Waals surface area contributed by atoms with E-state index in [2.05, 4.69) is 10.2 Å². The molecule has 1 aromatic carbocycles. The lowest BCUT2D eigenvalue weighted by molar-refractivity contribution is 0.102.